The molecule has 0 saturated heterocycles. The van der Waals surface area contributed by atoms with Gasteiger partial charge in [-0.05, 0) is 49.6 Å². The van der Waals surface area contributed by atoms with Crippen LogP contribution in [0.25, 0.3) is 0 Å². The van der Waals surface area contributed by atoms with E-state index in [4.69, 9.17) is 0 Å². The van der Waals surface area contributed by atoms with E-state index in [1.165, 1.54) is 18.2 Å². The molecule has 2 aromatic rings. The van der Waals surface area contributed by atoms with E-state index >= 15 is 0 Å². The van der Waals surface area contributed by atoms with Gasteiger partial charge in [0.1, 0.15) is 11.6 Å². The largest absolute Gasteiger partial charge is 0.378 e. The molecule has 1 atom stereocenters. The molecule has 0 aromatic heterocycles. The molecule has 0 heterocycles. The zero-order valence-corrected chi connectivity index (χ0v) is 11.6. The van der Waals surface area contributed by atoms with Gasteiger partial charge in [0.15, 0.2) is 0 Å². The molecular formula is C15H15F2NS. The van der Waals surface area contributed by atoms with E-state index in [9.17, 15) is 8.78 Å². The van der Waals surface area contributed by atoms with Gasteiger partial charge >= 0.3 is 0 Å². The summed E-state index contributed by atoms with van der Waals surface area (Å²) in [6, 6.07) is 11.2. The summed E-state index contributed by atoms with van der Waals surface area (Å²) in [5, 5.41) is 3.10. The topological polar surface area (TPSA) is 12.0 Å². The Morgan fingerprint density at radius 3 is 2.11 bits per heavy atom. The maximum absolute atomic E-state index is 13.6. The van der Waals surface area contributed by atoms with Crippen LogP contribution >= 0.6 is 11.8 Å². The van der Waals surface area contributed by atoms with E-state index in [0.717, 1.165) is 10.6 Å². The van der Waals surface area contributed by atoms with Gasteiger partial charge in [-0.1, -0.05) is 6.07 Å². The van der Waals surface area contributed by atoms with Crippen molar-refractivity contribution in [2.24, 2.45) is 0 Å². The van der Waals surface area contributed by atoms with Gasteiger partial charge in [0.2, 0.25) is 0 Å². The van der Waals surface area contributed by atoms with Crippen molar-refractivity contribution in [1.29, 1.82) is 0 Å². The zero-order chi connectivity index (χ0) is 13.8. The molecule has 0 saturated carbocycles. The maximum Gasteiger partial charge on any atom is 0.131 e. The van der Waals surface area contributed by atoms with Crippen molar-refractivity contribution in [3.63, 3.8) is 0 Å². The minimum absolute atomic E-state index is 0.0662. The Kier molecular flexibility index (Phi) is 4.43. The lowest BCUT2D eigenvalue weighted by molar-refractivity contribution is 0.544. The van der Waals surface area contributed by atoms with E-state index in [1.807, 2.05) is 30.5 Å². The second-order valence-corrected chi connectivity index (χ2v) is 5.11. The van der Waals surface area contributed by atoms with Crippen molar-refractivity contribution in [2.75, 3.05) is 11.6 Å². The normalized spacial score (nSPS) is 12.2. The molecule has 0 aliphatic carbocycles. The highest BCUT2D eigenvalue weighted by molar-refractivity contribution is 7.98. The van der Waals surface area contributed by atoms with Gasteiger partial charge in [-0.15, -0.1) is 11.8 Å². The molecule has 0 bridgehead atoms. The molecule has 0 aliphatic rings. The van der Waals surface area contributed by atoms with Crippen LogP contribution in [-0.2, 0) is 0 Å². The number of rotatable bonds is 4. The molecule has 19 heavy (non-hydrogen) atoms. The van der Waals surface area contributed by atoms with Gasteiger partial charge < -0.3 is 5.32 Å². The number of nitrogens with one attached hydrogen (secondary N) is 1. The van der Waals surface area contributed by atoms with Crippen molar-refractivity contribution in [3.8, 4) is 0 Å². The second-order valence-electron chi connectivity index (χ2n) is 4.23. The number of thioether (sulfide) groups is 1. The number of benzene rings is 2. The molecule has 1 unspecified atom stereocenters. The molecular weight excluding hydrogens is 264 g/mol. The lowest BCUT2D eigenvalue weighted by atomic mass is 10.1. The van der Waals surface area contributed by atoms with Crippen LogP contribution in [0, 0.1) is 11.6 Å². The summed E-state index contributed by atoms with van der Waals surface area (Å²) >= 11 is 1.65. The van der Waals surface area contributed by atoms with Crippen molar-refractivity contribution >= 4 is 17.4 Å². The Morgan fingerprint density at radius 2 is 1.58 bits per heavy atom. The predicted molar refractivity (Wildman–Crippen MR) is 76.6 cm³/mol. The van der Waals surface area contributed by atoms with Crippen molar-refractivity contribution < 1.29 is 8.78 Å². The van der Waals surface area contributed by atoms with E-state index in [1.54, 1.807) is 18.7 Å². The van der Waals surface area contributed by atoms with Crippen LogP contribution in [0.3, 0.4) is 0 Å². The molecule has 4 heteroatoms. The fraction of sp³-hybridized carbons (Fsp3) is 0.200. The van der Waals surface area contributed by atoms with Crippen LogP contribution in [0.15, 0.2) is 47.4 Å². The fourth-order valence-electron chi connectivity index (χ4n) is 1.93. The van der Waals surface area contributed by atoms with Crippen molar-refractivity contribution in [1.82, 2.24) is 0 Å². The summed E-state index contributed by atoms with van der Waals surface area (Å²) < 4.78 is 27.3. The van der Waals surface area contributed by atoms with E-state index in [0.29, 0.717) is 0 Å². The van der Waals surface area contributed by atoms with Crippen molar-refractivity contribution in [3.05, 3.63) is 59.7 Å². The van der Waals surface area contributed by atoms with Crippen LogP contribution in [0.2, 0.25) is 0 Å². The predicted octanol–water partition coefficient (Wildman–Crippen LogP) is 4.86. The first kappa shape index (κ1) is 13.9. The molecule has 2 aromatic carbocycles. The minimum Gasteiger partial charge on any atom is -0.378 e. The average molecular weight is 279 g/mol. The third-order valence-corrected chi connectivity index (χ3v) is 3.65. The quantitative estimate of drug-likeness (QED) is 0.802. The van der Waals surface area contributed by atoms with Gasteiger partial charge in [-0.25, -0.2) is 8.78 Å². The van der Waals surface area contributed by atoms with Crippen LogP contribution in [0.5, 0.6) is 0 Å². The monoisotopic (exact) mass is 279 g/mol. The van der Waals surface area contributed by atoms with Crippen LogP contribution < -0.4 is 5.32 Å². The summed E-state index contributed by atoms with van der Waals surface area (Å²) in [4.78, 5) is 1.15. The number of hydrogen-bond donors (Lipinski definition) is 1. The van der Waals surface area contributed by atoms with Gasteiger partial charge in [-0.2, -0.15) is 0 Å². The van der Waals surface area contributed by atoms with E-state index < -0.39 is 17.7 Å². The standard InChI is InChI=1S/C15H15F2NS/c1-10(15-13(16)4-3-5-14(15)17)18-11-6-8-12(19-2)9-7-11/h3-10,18H,1-2H3. The molecule has 1 nitrogen and oxygen atoms in total. The first-order valence-corrected chi connectivity index (χ1v) is 7.19. The minimum atomic E-state index is -0.527. The number of anilines is 1. The van der Waals surface area contributed by atoms with Crippen LogP contribution in [0.1, 0.15) is 18.5 Å². The summed E-state index contributed by atoms with van der Waals surface area (Å²) in [5.74, 6) is -1.05. The van der Waals surface area contributed by atoms with Gasteiger partial charge in [0.25, 0.3) is 0 Å². The summed E-state index contributed by atoms with van der Waals surface area (Å²) in [5.41, 5.74) is 0.907. The third kappa shape index (κ3) is 3.26. The SMILES string of the molecule is CSc1ccc(NC(C)c2c(F)cccc2F)cc1. The van der Waals surface area contributed by atoms with Gasteiger partial charge in [0.05, 0.1) is 6.04 Å². The lowest BCUT2D eigenvalue weighted by Gasteiger charge is -2.17. The molecule has 1 N–H and O–H groups in total. The molecule has 0 aliphatic heterocycles. The Morgan fingerprint density at radius 1 is 1.00 bits per heavy atom. The Labute approximate surface area is 116 Å². The Bertz CT molecular complexity index is 534. The van der Waals surface area contributed by atoms with Crippen LogP contribution in [-0.4, -0.2) is 6.26 Å². The molecule has 0 amide bonds. The molecule has 100 valence electrons. The van der Waals surface area contributed by atoms with Gasteiger partial charge in [0, 0.05) is 16.1 Å². The summed E-state index contributed by atoms with van der Waals surface area (Å²) in [7, 11) is 0. The lowest BCUT2D eigenvalue weighted by Crippen LogP contribution is -2.10. The zero-order valence-electron chi connectivity index (χ0n) is 10.8. The Hall–Kier alpha value is -1.55. The third-order valence-electron chi connectivity index (χ3n) is 2.91. The van der Waals surface area contributed by atoms with E-state index in [-0.39, 0.29) is 5.56 Å². The molecule has 2 rings (SSSR count). The summed E-state index contributed by atoms with van der Waals surface area (Å²) in [6.45, 7) is 1.74. The van der Waals surface area contributed by atoms with Crippen LogP contribution in [0.4, 0.5) is 14.5 Å². The number of halogens is 2. The highest BCUT2D eigenvalue weighted by atomic mass is 32.2. The number of hydrogen-bond acceptors (Lipinski definition) is 2. The summed E-state index contributed by atoms with van der Waals surface area (Å²) in [6.07, 6.45) is 2.00. The first-order chi connectivity index (χ1) is 9.11. The average Bonchev–Trinajstić information content (AvgIpc) is 2.39. The Balaban J connectivity index is 2.18. The second kappa shape index (κ2) is 6.06. The van der Waals surface area contributed by atoms with Gasteiger partial charge in [-0.3, -0.25) is 0 Å². The fourth-order valence-corrected chi connectivity index (χ4v) is 2.34. The highest BCUT2D eigenvalue weighted by Gasteiger charge is 2.15. The molecule has 0 fully saturated rings. The smallest absolute Gasteiger partial charge is 0.131 e. The van der Waals surface area contributed by atoms with Crippen molar-refractivity contribution in [2.45, 2.75) is 17.9 Å². The first-order valence-electron chi connectivity index (χ1n) is 5.96. The van der Waals surface area contributed by atoms with E-state index in [2.05, 4.69) is 5.32 Å². The molecule has 0 spiro atoms. The molecule has 0 radical (unpaired) electrons. The maximum atomic E-state index is 13.6. The highest BCUT2D eigenvalue weighted by Crippen LogP contribution is 2.25.